The number of pyridine rings is 1. The minimum absolute atomic E-state index is 0.00696. The molecule has 0 atom stereocenters. The molecular weight excluding hydrogens is 432 g/mol. The van der Waals surface area contributed by atoms with E-state index in [1.165, 1.54) is 17.1 Å². The molecule has 34 heavy (non-hydrogen) atoms. The summed E-state index contributed by atoms with van der Waals surface area (Å²) in [5, 5.41) is 24.1. The normalized spacial score (nSPS) is 18.1. The Labute approximate surface area is 198 Å². The zero-order chi connectivity index (χ0) is 24.4. The van der Waals surface area contributed by atoms with Crippen LogP contribution >= 0.6 is 0 Å². The number of aromatic nitrogens is 3. The molecule has 2 aromatic heterocycles. The Bertz CT molecular complexity index is 1180. The lowest BCUT2D eigenvalue weighted by molar-refractivity contribution is -0.124. The number of carbonyl (C=O) groups excluding carboxylic acids is 1. The number of benzene rings is 1. The number of amides is 1. The molecule has 3 aromatic rings. The van der Waals surface area contributed by atoms with E-state index in [4.69, 9.17) is 0 Å². The smallest absolute Gasteiger partial charge is 0.341 e. The van der Waals surface area contributed by atoms with Crippen LogP contribution in [0.5, 0.6) is 5.75 Å². The average Bonchev–Trinajstić information content (AvgIpc) is 3.24. The van der Waals surface area contributed by atoms with Crippen LogP contribution in [0.1, 0.15) is 56.8 Å². The van der Waals surface area contributed by atoms with Crippen molar-refractivity contribution in [3.63, 3.8) is 0 Å². The van der Waals surface area contributed by atoms with Crippen molar-refractivity contribution in [1.29, 1.82) is 0 Å². The van der Waals surface area contributed by atoms with Gasteiger partial charge in [0.2, 0.25) is 5.91 Å². The molecule has 1 aliphatic carbocycles. The van der Waals surface area contributed by atoms with Crippen LogP contribution in [0.3, 0.4) is 0 Å². The SMILES string of the molecule is CC(C)N(c1nn(-c2ccc(-c3cncc(O)c3)cc2)cc1C(=O)O)C(=O)[C@H]1CC[C@H](C)CC1. The Balaban J connectivity index is 1.66. The van der Waals surface area contributed by atoms with E-state index in [1.54, 1.807) is 17.2 Å². The van der Waals surface area contributed by atoms with E-state index in [1.807, 2.05) is 38.1 Å². The fourth-order valence-corrected chi connectivity index (χ4v) is 4.53. The van der Waals surface area contributed by atoms with Gasteiger partial charge in [-0.2, -0.15) is 0 Å². The molecule has 2 N–H and O–H groups in total. The fourth-order valence-electron chi connectivity index (χ4n) is 4.53. The van der Waals surface area contributed by atoms with Crippen LogP contribution in [-0.2, 0) is 4.79 Å². The third kappa shape index (κ3) is 4.81. The highest BCUT2D eigenvalue weighted by molar-refractivity contribution is 6.01. The lowest BCUT2D eigenvalue weighted by Crippen LogP contribution is -2.43. The number of nitrogens with zero attached hydrogens (tertiary/aromatic N) is 4. The van der Waals surface area contributed by atoms with Crippen LogP contribution in [0.15, 0.2) is 48.9 Å². The first-order valence-corrected chi connectivity index (χ1v) is 11.7. The minimum Gasteiger partial charge on any atom is -0.506 e. The van der Waals surface area contributed by atoms with Crippen molar-refractivity contribution in [2.45, 2.75) is 52.5 Å². The van der Waals surface area contributed by atoms with Gasteiger partial charge in [0.15, 0.2) is 5.82 Å². The Kier molecular flexibility index (Phi) is 6.68. The van der Waals surface area contributed by atoms with Gasteiger partial charge in [-0.15, -0.1) is 5.10 Å². The standard InChI is InChI=1S/C26H30N4O4/c1-16(2)30(25(32)19-6-4-17(3)5-7-19)24-23(26(33)34)15-29(28-24)21-10-8-18(9-11-21)20-12-22(31)14-27-13-20/h8-17,19,31H,4-7H2,1-3H3,(H,33,34)/t17-,19-. The number of hydrogen-bond acceptors (Lipinski definition) is 5. The Morgan fingerprint density at radius 2 is 1.74 bits per heavy atom. The van der Waals surface area contributed by atoms with E-state index < -0.39 is 5.97 Å². The summed E-state index contributed by atoms with van der Waals surface area (Å²) < 4.78 is 1.49. The van der Waals surface area contributed by atoms with E-state index in [2.05, 4.69) is 17.0 Å². The van der Waals surface area contributed by atoms with Gasteiger partial charge in [0.25, 0.3) is 0 Å². The summed E-state index contributed by atoms with van der Waals surface area (Å²) in [6.45, 7) is 5.96. The molecule has 8 nitrogen and oxygen atoms in total. The summed E-state index contributed by atoms with van der Waals surface area (Å²) >= 11 is 0. The number of hydrogen-bond donors (Lipinski definition) is 2. The lowest BCUT2D eigenvalue weighted by atomic mass is 9.82. The molecule has 0 spiro atoms. The van der Waals surface area contributed by atoms with Crippen molar-refractivity contribution in [2.75, 3.05) is 4.90 Å². The number of rotatable bonds is 6. The van der Waals surface area contributed by atoms with Crippen molar-refractivity contribution in [3.05, 3.63) is 54.5 Å². The molecule has 0 bridgehead atoms. The molecule has 1 amide bonds. The summed E-state index contributed by atoms with van der Waals surface area (Å²) in [5.41, 5.74) is 2.27. The number of carboxylic acids is 1. The first-order valence-electron chi connectivity index (χ1n) is 11.7. The Morgan fingerprint density at radius 1 is 1.06 bits per heavy atom. The number of aromatic hydroxyl groups is 1. The molecule has 2 heterocycles. The van der Waals surface area contributed by atoms with Crippen molar-refractivity contribution >= 4 is 17.7 Å². The van der Waals surface area contributed by atoms with Crippen LogP contribution in [0.25, 0.3) is 16.8 Å². The molecule has 8 heteroatoms. The summed E-state index contributed by atoms with van der Waals surface area (Å²) in [5.74, 6) is -0.423. The van der Waals surface area contributed by atoms with E-state index in [9.17, 15) is 19.8 Å². The van der Waals surface area contributed by atoms with Crippen LogP contribution in [0, 0.1) is 11.8 Å². The van der Waals surface area contributed by atoms with Crippen molar-refractivity contribution in [1.82, 2.24) is 14.8 Å². The van der Waals surface area contributed by atoms with Gasteiger partial charge in [0.1, 0.15) is 11.3 Å². The van der Waals surface area contributed by atoms with E-state index in [0.717, 1.165) is 36.8 Å². The van der Waals surface area contributed by atoms with Crippen LogP contribution in [-0.4, -0.2) is 42.9 Å². The molecule has 1 fully saturated rings. The van der Waals surface area contributed by atoms with Gasteiger partial charge in [0, 0.05) is 29.9 Å². The lowest BCUT2D eigenvalue weighted by Gasteiger charge is -2.32. The predicted octanol–water partition coefficient (Wildman–Crippen LogP) is 4.91. The zero-order valence-electron chi connectivity index (χ0n) is 19.7. The first kappa shape index (κ1) is 23.5. The largest absolute Gasteiger partial charge is 0.506 e. The Morgan fingerprint density at radius 3 is 2.32 bits per heavy atom. The van der Waals surface area contributed by atoms with E-state index >= 15 is 0 Å². The molecule has 1 saturated carbocycles. The predicted molar refractivity (Wildman–Crippen MR) is 129 cm³/mol. The fraction of sp³-hybridized carbons (Fsp3) is 0.385. The van der Waals surface area contributed by atoms with E-state index in [-0.39, 0.29) is 35.0 Å². The van der Waals surface area contributed by atoms with Crippen LogP contribution in [0.4, 0.5) is 5.82 Å². The maximum Gasteiger partial charge on any atom is 0.341 e. The van der Waals surface area contributed by atoms with Crippen molar-refractivity contribution < 1.29 is 19.8 Å². The van der Waals surface area contributed by atoms with Crippen LogP contribution in [0.2, 0.25) is 0 Å². The monoisotopic (exact) mass is 462 g/mol. The average molecular weight is 463 g/mol. The molecule has 0 saturated heterocycles. The first-order chi connectivity index (χ1) is 16.2. The molecule has 1 aliphatic rings. The summed E-state index contributed by atoms with van der Waals surface area (Å²) in [6, 6.07) is 8.71. The van der Waals surface area contributed by atoms with Gasteiger partial charge in [-0.05, 0) is 69.2 Å². The molecule has 0 radical (unpaired) electrons. The number of aromatic carboxylic acids is 1. The van der Waals surface area contributed by atoms with E-state index in [0.29, 0.717) is 11.6 Å². The second kappa shape index (κ2) is 9.67. The van der Waals surface area contributed by atoms with Gasteiger partial charge in [0.05, 0.1) is 11.9 Å². The zero-order valence-corrected chi connectivity index (χ0v) is 19.7. The van der Waals surface area contributed by atoms with Gasteiger partial charge in [-0.1, -0.05) is 19.1 Å². The molecule has 0 aliphatic heterocycles. The quantitative estimate of drug-likeness (QED) is 0.539. The molecular formula is C26H30N4O4. The third-order valence-electron chi connectivity index (χ3n) is 6.46. The maximum atomic E-state index is 13.5. The maximum absolute atomic E-state index is 13.5. The Hall–Kier alpha value is -3.68. The number of anilines is 1. The molecule has 1 aromatic carbocycles. The molecule has 4 rings (SSSR count). The van der Waals surface area contributed by atoms with Crippen molar-refractivity contribution in [3.8, 4) is 22.6 Å². The van der Waals surface area contributed by atoms with Gasteiger partial charge in [-0.25, -0.2) is 9.48 Å². The highest BCUT2D eigenvalue weighted by Crippen LogP contribution is 2.33. The van der Waals surface area contributed by atoms with Crippen molar-refractivity contribution in [2.24, 2.45) is 11.8 Å². The second-order valence-electron chi connectivity index (χ2n) is 9.35. The molecule has 0 unspecified atom stereocenters. The summed E-state index contributed by atoms with van der Waals surface area (Å²) in [7, 11) is 0. The summed E-state index contributed by atoms with van der Waals surface area (Å²) in [4.78, 5) is 31.1. The number of carboxylic acid groups (broad SMARTS) is 1. The second-order valence-corrected chi connectivity index (χ2v) is 9.35. The minimum atomic E-state index is -1.13. The summed E-state index contributed by atoms with van der Waals surface area (Å²) in [6.07, 6.45) is 8.12. The van der Waals surface area contributed by atoms with Crippen LogP contribution < -0.4 is 4.90 Å². The topological polar surface area (TPSA) is 109 Å². The van der Waals surface area contributed by atoms with Gasteiger partial charge >= 0.3 is 5.97 Å². The van der Waals surface area contributed by atoms with Gasteiger partial charge in [-0.3, -0.25) is 14.7 Å². The molecule has 178 valence electrons. The number of carbonyl (C=O) groups is 2. The van der Waals surface area contributed by atoms with Gasteiger partial charge < -0.3 is 10.2 Å². The highest BCUT2D eigenvalue weighted by atomic mass is 16.4. The highest BCUT2D eigenvalue weighted by Gasteiger charge is 2.34. The third-order valence-corrected chi connectivity index (χ3v) is 6.46.